The summed E-state index contributed by atoms with van der Waals surface area (Å²) >= 11 is 0. The number of carboxylic acids is 1. The number of likely N-dealkylation sites (N-methyl/N-ethyl adjacent to an activating group) is 1. The Morgan fingerprint density at radius 1 is 0.500 bits per heavy atom. The Kier molecular flexibility index (Phi) is 42.1. The fraction of sp³-hybridized carbons (Fsp3) is 0.722. The number of hydrogen-bond donors (Lipinski definition) is 0. The minimum absolute atomic E-state index is 0.0239. The van der Waals surface area contributed by atoms with Gasteiger partial charge in [-0.3, -0.25) is 9.59 Å². The fourth-order valence-electron chi connectivity index (χ4n) is 6.97. The van der Waals surface area contributed by atoms with E-state index in [1.165, 1.54) is 77.0 Å². The van der Waals surface area contributed by atoms with E-state index in [2.05, 4.69) is 86.8 Å². The summed E-state index contributed by atoms with van der Waals surface area (Å²) in [6.45, 7) is 4.51. The number of quaternary nitrogens is 1. The second kappa shape index (κ2) is 44.4. The average molecular weight is 868 g/mol. The highest BCUT2D eigenvalue weighted by Gasteiger charge is 2.25. The van der Waals surface area contributed by atoms with Crippen LogP contribution in [-0.2, 0) is 28.6 Å². The minimum Gasteiger partial charge on any atom is -0.544 e. The molecule has 0 fully saturated rings. The molecular weight excluding hydrogens is 775 g/mol. The van der Waals surface area contributed by atoms with Crippen molar-refractivity contribution in [3.05, 3.63) is 72.9 Å². The van der Waals surface area contributed by atoms with Crippen LogP contribution in [0.3, 0.4) is 0 Å². The van der Waals surface area contributed by atoms with E-state index in [0.29, 0.717) is 12.8 Å². The van der Waals surface area contributed by atoms with Crippen LogP contribution >= 0.6 is 0 Å². The van der Waals surface area contributed by atoms with Gasteiger partial charge in [0.2, 0.25) is 0 Å². The smallest absolute Gasteiger partial charge is 0.306 e. The SMILES string of the molecule is CC/C=C/C/C=C/C/C=C/C/C=C/CCCCCC(=O)OCC(COCCC(C(=O)[O-])[N+](C)(C)C)OC(=O)CCCCCCCCC/C=C/C/C=C/CCCCCCCCCC. The second-order valence-electron chi connectivity index (χ2n) is 17.7. The Morgan fingerprint density at radius 2 is 0.903 bits per heavy atom. The van der Waals surface area contributed by atoms with Crippen LogP contribution in [0, 0.1) is 0 Å². The maximum Gasteiger partial charge on any atom is 0.306 e. The highest BCUT2D eigenvalue weighted by atomic mass is 16.6. The number of unbranched alkanes of at least 4 members (excludes halogenated alkanes) is 18. The van der Waals surface area contributed by atoms with Crippen LogP contribution in [-0.4, -0.2) is 75.5 Å². The number of carbonyl (C=O) groups is 3. The molecule has 2 atom stereocenters. The Hall–Kier alpha value is -3.23. The van der Waals surface area contributed by atoms with Crippen molar-refractivity contribution in [3.8, 4) is 0 Å². The van der Waals surface area contributed by atoms with Crippen LogP contribution in [0.15, 0.2) is 72.9 Å². The minimum atomic E-state index is -1.13. The standard InChI is InChI=1S/C54H93NO7/c1-6-8-10-12-14-16-18-20-22-24-25-26-27-28-29-31-33-35-37-39-41-43-45-53(57)62-50(48-60-47-46-51(54(58)59)55(3,4)5)49-61-52(56)44-42-40-38-36-34-32-30-23-21-19-17-15-13-11-9-7-2/h9,11,15,17,21,23-25,27-28,32,34,50-51H,6-8,10,12-14,16,18-20,22,26,29-31,33,35-49H2,1-5H3/b11-9+,17-15+,23-21+,25-24+,28-27+,34-32+. The second-order valence-corrected chi connectivity index (χ2v) is 17.7. The predicted octanol–water partition coefficient (Wildman–Crippen LogP) is 13.0. The van der Waals surface area contributed by atoms with Crippen LogP contribution in [0.1, 0.15) is 200 Å². The molecule has 0 saturated carbocycles. The lowest BCUT2D eigenvalue weighted by Crippen LogP contribution is -2.55. The maximum atomic E-state index is 12.8. The van der Waals surface area contributed by atoms with Crippen molar-refractivity contribution in [2.75, 3.05) is 41.0 Å². The van der Waals surface area contributed by atoms with E-state index in [-0.39, 0.29) is 42.7 Å². The van der Waals surface area contributed by atoms with Gasteiger partial charge in [-0.2, -0.15) is 0 Å². The molecule has 0 N–H and O–H groups in total. The number of carbonyl (C=O) groups excluding carboxylic acids is 3. The summed E-state index contributed by atoms with van der Waals surface area (Å²) in [5.74, 6) is -1.79. The zero-order valence-corrected chi connectivity index (χ0v) is 40.5. The third-order valence-electron chi connectivity index (χ3n) is 10.8. The number of carboxylic acid groups (broad SMARTS) is 1. The van der Waals surface area contributed by atoms with Gasteiger partial charge in [-0.1, -0.05) is 170 Å². The molecule has 2 unspecified atom stereocenters. The predicted molar refractivity (Wildman–Crippen MR) is 259 cm³/mol. The molecule has 0 aliphatic carbocycles. The Morgan fingerprint density at radius 3 is 1.35 bits per heavy atom. The molecule has 0 aromatic heterocycles. The number of esters is 2. The van der Waals surface area contributed by atoms with E-state index in [9.17, 15) is 19.5 Å². The molecule has 0 amide bonds. The van der Waals surface area contributed by atoms with Gasteiger partial charge >= 0.3 is 11.9 Å². The molecule has 0 aromatic carbocycles. The van der Waals surface area contributed by atoms with Crippen LogP contribution in [0.25, 0.3) is 0 Å². The summed E-state index contributed by atoms with van der Waals surface area (Å²) in [5, 5.41) is 11.7. The number of hydrogen-bond acceptors (Lipinski definition) is 7. The molecule has 0 heterocycles. The molecule has 0 aliphatic heterocycles. The van der Waals surface area contributed by atoms with Gasteiger partial charge < -0.3 is 28.6 Å². The first-order chi connectivity index (χ1) is 30.1. The van der Waals surface area contributed by atoms with E-state index in [1.54, 1.807) is 21.1 Å². The first-order valence-corrected chi connectivity index (χ1v) is 25.0. The van der Waals surface area contributed by atoms with Crippen LogP contribution in [0.5, 0.6) is 0 Å². The first kappa shape index (κ1) is 58.8. The van der Waals surface area contributed by atoms with Crippen molar-refractivity contribution in [1.82, 2.24) is 0 Å². The number of ether oxygens (including phenoxy) is 3. The summed E-state index contributed by atoms with van der Waals surface area (Å²) in [6.07, 6.45) is 56.5. The van der Waals surface area contributed by atoms with Crippen molar-refractivity contribution >= 4 is 17.9 Å². The lowest BCUT2D eigenvalue weighted by atomic mass is 10.1. The van der Waals surface area contributed by atoms with Crippen LogP contribution < -0.4 is 5.11 Å². The molecule has 0 aliphatic rings. The quantitative estimate of drug-likeness (QED) is 0.0260. The third-order valence-corrected chi connectivity index (χ3v) is 10.8. The van der Waals surface area contributed by atoms with E-state index in [4.69, 9.17) is 14.2 Å². The highest BCUT2D eigenvalue weighted by molar-refractivity contribution is 5.70. The molecule has 356 valence electrons. The third kappa shape index (κ3) is 42.1. The van der Waals surface area contributed by atoms with E-state index >= 15 is 0 Å². The van der Waals surface area contributed by atoms with Crippen molar-refractivity contribution in [1.29, 1.82) is 0 Å². The molecular formula is C54H93NO7. The highest BCUT2D eigenvalue weighted by Crippen LogP contribution is 2.14. The number of aliphatic carboxylic acids is 1. The Balaban J connectivity index is 4.32. The molecule has 8 nitrogen and oxygen atoms in total. The normalized spacial score (nSPS) is 13.5. The van der Waals surface area contributed by atoms with E-state index in [0.717, 1.165) is 89.9 Å². The maximum absolute atomic E-state index is 12.8. The summed E-state index contributed by atoms with van der Waals surface area (Å²) in [4.78, 5) is 37.0. The zero-order valence-electron chi connectivity index (χ0n) is 40.5. The monoisotopic (exact) mass is 868 g/mol. The molecule has 0 radical (unpaired) electrons. The van der Waals surface area contributed by atoms with Crippen LogP contribution in [0.4, 0.5) is 0 Å². The van der Waals surface area contributed by atoms with E-state index in [1.807, 2.05) is 0 Å². The van der Waals surface area contributed by atoms with Gasteiger partial charge in [-0.25, -0.2) is 0 Å². The molecule has 0 bridgehead atoms. The van der Waals surface area contributed by atoms with Gasteiger partial charge in [0.05, 0.1) is 40.3 Å². The van der Waals surface area contributed by atoms with Gasteiger partial charge in [-0.15, -0.1) is 0 Å². The average Bonchev–Trinajstić information content (AvgIpc) is 3.23. The van der Waals surface area contributed by atoms with Crippen molar-refractivity contribution in [2.24, 2.45) is 0 Å². The molecule has 0 aromatic rings. The summed E-state index contributed by atoms with van der Waals surface area (Å²) in [6, 6.07) is -0.736. The number of rotatable bonds is 44. The van der Waals surface area contributed by atoms with Gasteiger partial charge in [0.15, 0.2) is 6.10 Å². The molecule has 8 heteroatoms. The van der Waals surface area contributed by atoms with Gasteiger partial charge in [0.25, 0.3) is 0 Å². The van der Waals surface area contributed by atoms with Crippen LogP contribution in [0.2, 0.25) is 0 Å². The van der Waals surface area contributed by atoms with Crippen molar-refractivity contribution in [2.45, 2.75) is 212 Å². The molecule has 62 heavy (non-hydrogen) atoms. The topological polar surface area (TPSA) is 102 Å². The summed E-state index contributed by atoms with van der Waals surface area (Å²) < 4.78 is 17.2. The fourth-order valence-corrected chi connectivity index (χ4v) is 6.97. The number of allylic oxidation sites excluding steroid dienone is 12. The van der Waals surface area contributed by atoms with Crippen molar-refractivity contribution in [3.63, 3.8) is 0 Å². The lowest BCUT2D eigenvalue weighted by Gasteiger charge is -2.34. The Bertz CT molecular complexity index is 1240. The van der Waals surface area contributed by atoms with Gasteiger partial charge in [0.1, 0.15) is 12.6 Å². The van der Waals surface area contributed by atoms with Crippen molar-refractivity contribution < 1.29 is 38.2 Å². The van der Waals surface area contributed by atoms with Gasteiger partial charge in [-0.05, 0) is 83.5 Å². The van der Waals surface area contributed by atoms with Gasteiger partial charge in [0, 0.05) is 19.3 Å². The van der Waals surface area contributed by atoms with E-state index < -0.39 is 18.1 Å². The largest absolute Gasteiger partial charge is 0.544 e. The molecule has 0 saturated heterocycles. The molecule has 0 rings (SSSR count). The number of nitrogens with zero attached hydrogens (tertiary/aromatic N) is 1. The first-order valence-electron chi connectivity index (χ1n) is 25.0. The Labute approximate surface area is 381 Å². The summed E-state index contributed by atoms with van der Waals surface area (Å²) in [7, 11) is 5.39. The molecule has 0 spiro atoms. The summed E-state index contributed by atoms with van der Waals surface area (Å²) in [5.41, 5.74) is 0. The lowest BCUT2D eigenvalue weighted by molar-refractivity contribution is -0.889. The zero-order chi connectivity index (χ0) is 45.6.